The van der Waals surface area contributed by atoms with Crippen molar-refractivity contribution in [2.24, 2.45) is 0 Å². The van der Waals surface area contributed by atoms with Crippen molar-refractivity contribution in [2.45, 2.75) is 52.0 Å². The monoisotopic (exact) mass is 248 g/mol. The van der Waals surface area contributed by atoms with E-state index in [2.05, 4.69) is 28.8 Å². The summed E-state index contributed by atoms with van der Waals surface area (Å²) in [6, 6.07) is 0. The Hall–Kier alpha value is -1.03. The van der Waals surface area contributed by atoms with Gasteiger partial charge in [0.15, 0.2) is 0 Å². The highest BCUT2D eigenvalue weighted by molar-refractivity contribution is 5.24. The first-order valence-electron chi connectivity index (χ1n) is 7.33. The fourth-order valence-corrected chi connectivity index (χ4v) is 3.08. The van der Waals surface area contributed by atoms with Crippen molar-refractivity contribution in [3.05, 3.63) is 17.2 Å². The van der Waals surface area contributed by atoms with E-state index in [4.69, 9.17) is 4.98 Å². The van der Waals surface area contributed by atoms with Crippen LogP contribution in [0.5, 0.6) is 0 Å². The molecule has 0 unspecified atom stereocenters. The SMILES string of the molecule is CC(C)c1nc2c(n1N1CCCCC1)CCNC2. The van der Waals surface area contributed by atoms with Gasteiger partial charge in [-0.1, -0.05) is 13.8 Å². The average Bonchev–Trinajstić information content (AvgIpc) is 2.79. The summed E-state index contributed by atoms with van der Waals surface area (Å²) in [7, 11) is 0. The van der Waals surface area contributed by atoms with Gasteiger partial charge in [0.05, 0.1) is 11.4 Å². The van der Waals surface area contributed by atoms with Gasteiger partial charge in [0.25, 0.3) is 0 Å². The van der Waals surface area contributed by atoms with Gasteiger partial charge in [-0.3, -0.25) is 0 Å². The van der Waals surface area contributed by atoms with Crippen LogP contribution in [0.3, 0.4) is 0 Å². The Kier molecular flexibility index (Phi) is 3.29. The molecule has 3 heterocycles. The summed E-state index contributed by atoms with van der Waals surface area (Å²) >= 11 is 0. The van der Waals surface area contributed by atoms with E-state index in [0.717, 1.165) is 19.5 Å². The van der Waals surface area contributed by atoms with Crippen LogP contribution >= 0.6 is 0 Å². The Morgan fingerprint density at radius 1 is 1.17 bits per heavy atom. The van der Waals surface area contributed by atoms with E-state index in [-0.39, 0.29) is 0 Å². The van der Waals surface area contributed by atoms with Crippen molar-refractivity contribution in [3.8, 4) is 0 Å². The average molecular weight is 248 g/mol. The number of hydrogen-bond acceptors (Lipinski definition) is 3. The molecule has 0 radical (unpaired) electrons. The Labute approximate surface area is 109 Å². The summed E-state index contributed by atoms with van der Waals surface area (Å²) in [5, 5.41) is 5.95. The van der Waals surface area contributed by atoms with E-state index in [9.17, 15) is 0 Å². The Morgan fingerprint density at radius 2 is 1.94 bits per heavy atom. The van der Waals surface area contributed by atoms with Crippen LogP contribution in [0.4, 0.5) is 0 Å². The van der Waals surface area contributed by atoms with Gasteiger partial charge in [-0.25, -0.2) is 9.66 Å². The number of fused-ring (bicyclic) bond motifs is 1. The lowest BCUT2D eigenvalue weighted by Crippen LogP contribution is -2.42. The molecular weight excluding hydrogens is 224 g/mol. The van der Waals surface area contributed by atoms with Crippen molar-refractivity contribution in [1.29, 1.82) is 0 Å². The first-order valence-corrected chi connectivity index (χ1v) is 7.33. The highest BCUT2D eigenvalue weighted by atomic mass is 15.6. The molecule has 1 aromatic rings. The lowest BCUT2D eigenvalue weighted by Gasteiger charge is -2.33. The third-order valence-electron chi connectivity index (χ3n) is 4.02. The number of imidazole rings is 1. The Bertz CT molecular complexity index is 416. The van der Waals surface area contributed by atoms with Gasteiger partial charge in [0, 0.05) is 38.5 Å². The number of nitrogens with zero attached hydrogens (tertiary/aromatic N) is 3. The summed E-state index contributed by atoms with van der Waals surface area (Å²) in [4.78, 5) is 4.88. The molecule has 4 heteroatoms. The Balaban J connectivity index is 2.01. The largest absolute Gasteiger partial charge is 0.311 e. The van der Waals surface area contributed by atoms with Crippen LogP contribution < -0.4 is 10.3 Å². The van der Waals surface area contributed by atoms with E-state index in [0.29, 0.717) is 5.92 Å². The molecule has 0 aliphatic carbocycles. The molecule has 0 saturated carbocycles. The summed E-state index contributed by atoms with van der Waals surface area (Å²) in [5.74, 6) is 1.75. The highest BCUT2D eigenvalue weighted by Crippen LogP contribution is 2.23. The standard InChI is InChI=1S/C14H24N4/c1-11(2)14-16-12-10-15-7-6-13(12)18(14)17-8-4-3-5-9-17/h11,15H,3-10H2,1-2H3. The van der Waals surface area contributed by atoms with Crippen LogP contribution in [0, 0.1) is 0 Å². The number of aromatic nitrogens is 2. The molecule has 1 aromatic heterocycles. The third kappa shape index (κ3) is 2.03. The van der Waals surface area contributed by atoms with Crippen LogP contribution in [0.2, 0.25) is 0 Å². The number of piperidine rings is 1. The zero-order valence-electron chi connectivity index (χ0n) is 11.6. The lowest BCUT2D eigenvalue weighted by atomic mass is 10.1. The van der Waals surface area contributed by atoms with Crippen LogP contribution in [-0.2, 0) is 13.0 Å². The summed E-state index contributed by atoms with van der Waals surface area (Å²) in [5.41, 5.74) is 2.73. The molecule has 18 heavy (non-hydrogen) atoms. The molecule has 0 aromatic carbocycles. The van der Waals surface area contributed by atoms with E-state index in [1.54, 1.807) is 0 Å². The van der Waals surface area contributed by atoms with Gasteiger partial charge in [0.1, 0.15) is 5.82 Å². The predicted octanol–water partition coefficient (Wildman–Crippen LogP) is 1.77. The minimum absolute atomic E-state index is 0.498. The molecule has 2 aliphatic rings. The zero-order chi connectivity index (χ0) is 12.5. The quantitative estimate of drug-likeness (QED) is 0.866. The van der Waals surface area contributed by atoms with Crippen LogP contribution in [0.15, 0.2) is 0 Å². The molecule has 1 N–H and O–H groups in total. The summed E-state index contributed by atoms with van der Waals surface area (Å²) in [6.45, 7) is 8.91. The molecule has 2 aliphatic heterocycles. The molecule has 1 fully saturated rings. The minimum Gasteiger partial charge on any atom is -0.311 e. The van der Waals surface area contributed by atoms with Gasteiger partial charge in [-0.2, -0.15) is 0 Å². The molecule has 0 atom stereocenters. The Morgan fingerprint density at radius 3 is 2.67 bits per heavy atom. The second kappa shape index (κ2) is 4.92. The fraction of sp³-hybridized carbons (Fsp3) is 0.786. The van der Waals surface area contributed by atoms with Gasteiger partial charge in [-0.05, 0) is 19.3 Å². The highest BCUT2D eigenvalue weighted by Gasteiger charge is 2.25. The van der Waals surface area contributed by atoms with Crippen molar-refractivity contribution in [3.63, 3.8) is 0 Å². The van der Waals surface area contributed by atoms with Crippen molar-refractivity contribution in [1.82, 2.24) is 15.0 Å². The van der Waals surface area contributed by atoms with Crippen LogP contribution in [0.25, 0.3) is 0 Å². The fourth-order valence-electron chi connectivity index (χ4n) is 3.08. The van der Waals surface area contributed by atoms with Crippen molar-refractivity contribution < 1.29 is 0 Å². The van der Waals surface area contributed by atoms with Crippen LogP contribution in [0.1, 0.15) is 56.2 Å². The minimum atomic E-state index is 0.498. The van der Waals surface area contributed by atoms with Crippen molar-refractivity contribution in [2.75, 3.05) is 24.6 Å². The maximum Gasteiger partial charge on any atom is 0.130 e. The second-order valence-corrected chi connectivity index (χ2v) is 5.77. The summed E-state index contributed by atoms with van der Waals surface area (Å²) < 4.78 is 2.46. The third-order valence-corrected chi connectivity index (χ3v) is 4.02. The van der Waals surface area contributed by atoms with Gasteiger partial charge >= 0.3 is 0 Å². The molecule has 4 nitrogen and oxygen atoms in total. The van der Waals surface area contributed by atoms with Crippen LogP contribution in [-0.4, -0.2) is 29.3 Å². The maximum atomic E-state index is 4.88. The van der Waals surface area contributed by atoms with E-state index >= 15 is 0 Å². The summed E-state index contributed by atoms with van der Waals surface area (Å²) in [6.07, 6.45) is 5.14. The maximum absolute atomic E-state index is 4.88. The topological polar surface area (TPSA) is 33.1 Å². The second-order valence-electron chi connectivity index (χ2n) is 5.77. The molecule has 100 valence electrons. The molecule has 0 spiro atoms. The molecule has 0 amide bonds. The van der Waals surface area contributed by atoms with E-state index in [1.807, 2.05) is 0 Å². The zero-order valence-corrected chi connectivity index (χ0v) is 11.6. The number of rotatable bonds is 2. The molecular formula is C14H24N4. The number of hydrogen-bond donors (Lipinski definition) is 1. The first kappa shape index (κ1) is 12.0. The van der Waals surface area contributed by atoms with Gasteiger partial charge in [-0.15, -0.1) is 0 Å². The molecule has 0 bridgehead atoms. The van der Waals surface area contributed by atoms with E-state index in [1.165, 1.54) is 49.6 Å². The normalized spacial score (nSPS) is 20.3. The molecule has 3 rings (SSSR count). The molecule has 1 saturated heterocycles. The van der Waals surface area contributed by atoms with Gasteiger partial charge < -0.3 is 10.3 Å². The first-order chi connectivity index (χ1) is 8.77. The van der Waals surface area contributed by atoms with Gasteiger partial charge in [0.2, 0.25) is 0 Å². The number of nitrogens with one attached hydrogen (secondary N) is 1. The predicted molar refractivity (Wildman–Crippen MR) is 73.5 cm³/mol. The van der Waals surface area contributed by atoms with Crippen molar-refractivity contribution >= 4 is 0 Å². The smallest absolute Gasteiger partial charge is 0.130 e. The van der Waals surface area contributed by atoms with E-state index < -0.39 is 0 Å². The lowest BCUT2D eigenvalue weighted by molar-refractivity contribution is 0.448.